The number of hydrogen-bond acceptors (Lipinski definition) is 5. The van der Waals surface area contributed by atoms with E-state index < -0.39 is 0 Å². The van der Waals surface area contributed by atoms with Gasteiger partial charge in [-0.15, -0.1) is 0 Å². The summed E-state index contributed by atoms with van der Waals surface area (Å²) in [5.74, 6) is 1.29. The molecule has 1 atom stereocenters. The van der Waals surface area contributed by atoms with E-state index in [9.17, 15) is 4.79 Å². The molecule has 0 aliphatic rings. The number of azo groups is 1. The first kappa shape index (κ1) is 18.6. The molecule has 0 N–H and O–H groups in total. The Labute approximate surface area is 148 Å². The van der Waals surface area contributed by atoms with Gasteiger partial charge in [-0.05, 0) is 48.2 Å². The van der Waals surface area contributed by atoms with E-state index in [-0.39, 0.29) is 0 Å². The maximum Gasteiger partial charge on any atom is 0.234 e. The fourth-order valence-electron chi connectivity index (χ4n) is 2.15. The van der Waals surface area contributed by atoms with Crippen molar-refractivity contribution in [1.82, 2.24) is 0 Å². The third-order valence-corrected chi connectivity index (χ3v) is 3.86. The van der Waals surface area contributed by atoms with Gasteiger partial charge in [0.2, 0.25) is 6.08 Å². The molecular weight excluding hydrogens is 314 g/mol. The molecule has 2 rings (SSSR count). The zero-order chi connectivity index (χ0) is 17.9. The van der Waals surface area contributed by atoms with E-state index in [2.05, 4.69) is 29.1 Å². The normalized spacial score (nSPS) is 11.9. The molecule has 2 aromatic carbocycles. The molecule has 25 heavy (non-hydrogen) atoms. The molecule has 2 aromatic rings. The molecule has 0 unspecified atom stereocenters. The zero-order valence-electron chi connectivity index (χ0n) is 14.7. The van der Waals surface area contributed by atoms with Crippen LogP contribution < -0.4 is 4.74 Å². The van der Waals surface area contributed by atoms with E-state index in [4.69, 9.17) is 4.74 Å². The average molecular weight is 337 g/mol. The van der Waals surface area contributed by atoms with E-state index in [0.29, 0.717) is 25.5 Å². The molecule has 130 valence electrons. The van der Waals surface area contributed by atoms with Gasteiger partial charge in [-0.3, -0.25) is 0 Å². The zero-order valence-corrected chi connectivity index (χ0v) is 14.7. The molecule has 5 heteroatoms. The van der Waals surface area contributed by atoms with Crippen molar-refractivity contribution in [1.29, 1.82) is 0 Å². The van der Waals surface area contributed by atoms with Gasteiger partial charge in [-0.1, -0.05) is 38.5 Å². The Balaban J connectivity index is 2.16. The first-order valence-corrected chi connectivity index (χ1v) is 8.49. The van der Waals surface area contributed by atoms with Gasteiger partial charge in [-0.25, -0.2) is 9.79 Å². The smallest absolute Gasteiger partial charge is 0.234 e. The Hall–Kier alpha value is -2.78. The lowest BCUT2D eigenvalue weighted by molar-refractivity contribution is 0.254. The van der Waals surface area contributed by atoms with Crippen LogP contribution in [0.5, 0.6) is 5.75 Å². The minimum Gasteiger partial charge on any atom is -0.493 e. The van der Waals surface area contributed by atoms with Crippen LogP contribution in [0.4, 0.5) is 11.4 Å². The topological polar surface area (TPSA) is 63.4 Å². The minimum absolute atomic E-state index is 0.377. The third-order valence-electron chi connectivity index (χ3n) is 3.86. The lowest BCUT2D eigenvalue weighted by Crippen LogP contribution is -2.08. The maximum atomic E-state index is 10.3. The highest BCUT2D eigenvalue weighted by molar-refractivity contribution is 5.48. The van der Waals surface area contributed by atoms with Crippen LogP contribution >= 0.6 is 0 Å². The summed E-state index contributed by atoms with van der Waals surface area (Å²) in [6.07, 6.45) is 3.23. The van der Waals surface area contributed by atoms with Crippen LogP contribution in [0.3, 0.4) is 0 Å². The number of ether oxygens (including phenoxy) is 1. The monoisotopic (exact) mass is 337 g/mol. The second-order valence-electron chi connectivity index (χ2n) is 5.88. The number of benzene rings is 2. The van der Waals surface area contributed by atoms with Crippen molar-refractivity contribution in [2.45, 2.75) is 26.7 Å². The quantitative estimate of drug-likeness (QED) is 0.349. The second kappa shape index (κ2) is 10.2. The van der Waals surface area contributed by atoms with Crippen LogP contribution in [0.2, 0.25) is 0 Å². The third kappa shape index (κ3) is 6.32. The van der Waals surface area contributed by atoms with Gasteiger partial charge in [0.15, 0.2) is 0 Å². The number of rotatable bonds is 9. The largest absolute Gasteiger partial charge is 0.493 e. The van der Waals surface area contributed by atoms with Crippen molar-refractivity contribution in [3.63, 3.8) is 0 Å². The number of hydrogen-bond donors (Lipinski definition) is 0. The molecule has 0 aliphatic heterocycles. The number of carbonyl (C=O) groups excluding carboxylic acids is 1. The van der Waals surface area contributed by atoms with Crippen molar-refractivity contribution in [3.05, 3.63) is 54.1 Å². The van der Waals surface area contributed by atoms with E-state index in [0.717, 1.165) is 29.1 Å². The van der Waals surface area contributed by atoms with Crippen molar-refractivity contribution >= 4 is 17.5 Å². The molecule has 5 nitrogen and oxygen atoms in total. The fraction of sp³-hybridized carbons (Fsp3) is 0.350. The van der Waals surface area contributed by atoms with Gasteiger partial charge in [-0.2, -0.15) is 10.2 Å². The van der Waals surface area contributed by atoms with Crippen LogP contribution in [-0.4, -0.2) is 19.2 Å². The Morgan fingerprint density at radius 3 is 2.56 bits per heavy atom. The minimum atomic E-state index is 0.377. The molecule has 0 saturated carbocycles. The van der Waals surface area contributed by atoms with Gasteiger partial charge in [0, 0.05) is 0 Å². The molecule has 0 saturated heterocycles. The highest BCUT2D eigenvalue weighted by Crippen LogP contribution is 2.27. The molecule has 0 fully saturated rings. The van der Waals surface area contributed by atoms with Crippen LogP contribution in [-0.2, 0) is 11.2 Å². The molecule has 0 aliphatic carbocycles. The van der Waals surface area contributed by atoms with Crippen molar-refractivity contribution in [2.75, 3.05) is 13.2 Å². The average Bonchev–Trinajstić information content (AvgIpc) is 2.66. The summed E-state index contributed by atoms with van der Waals surface area (Å²) in [5.41, 5.74) is 2.50. The highest BCUT2D eigenvalue weighted by Gasteiger charge is 2.07. The molecule has 0 heterocycles. The highest BCUT2D eigenvalue weighted by atomic mass is 16.5. The Bertz CT molecular complexity index is 738. The summed E-state index contributed by atoms with van der Waals surface area (Å²) in [6.45, 7) is 5.33. The number of nitrogens with zero attached hydrogens (tertiary/aromatic N) is 3. The van der Waals surface area contributed by atoms with Gasteiger partial charge in [0.1, 0.15) is 5.75 Å². The SMILES string of the molecule is CC[C@H](C)COc1ccc(N=Nc2ccccc2)cc1CCN=C=O. The first-order valence-electron chi connectivity index (χ1n) is 8.49. The summed E-state index contributed by atoms with van der Waals surface area (Å²) < 4.78 is 5.93. The molecular formula is C20H23N3O2. The maximum absolute atomic E-state index is 10.3. The summed E-state index contributed by atoms with van der Waals surface area (Å²) >= 11 is 0. The Morgan fingerprint density at radius 1 is 1.08 bits per heavy atom. The van der Waals surface area contributed by atoms with Gasteiger partial charge in [0.05, 0.1) is 24.5 Å². The standard InChI is InChI=1S/C20H23N3O2/c1-3-16(2)14-25-20-10-9-19(13-17(20)11-12-21-15-24)23-22-18-7-5-4-6-8-18/h4-10,13,16H,3,11-12,14H2,1-2H3/t16-/m0/s1. The summed E-state index contributed by atoms with van der Waals surface area (Å²) in [4.78, 5) is 13.9. The van der Waals surface area contributed by atoms with Crippen LogP contribution in [0.15, 0.2) is 63.8 Å². The van der Waals surface area contributed by atoms with Crippen molar-refractivity contribution in [2.24, 2.45) is 21.1 Å². The van der Waals surface area contributed by atoms with Gasteiger partial charge < -0.3 is 4.74 Å². The molecule has 0 radical (unpaired) electrons. The molecule has 0 bridgehead atoms. The van der Waals surface area contributed by atoms with Crippen molar-refractivity contribution < 1.29 is 9.53 Å². The van der Waals surface area contributed by atoms with Gasteiger partial charge >= 0.3 is 0 Å². The lowest BCUT2D eigenvalue weighted by Gasteiger charge is -2.14. The second-order valence-corrected chi connectivity index (χ2v) is 5.88. The van der Waals surface area contributed by atoms with E-state index in [1.807, 2.05) is 48.5 Å². The predicted octanol–water partition coefficient (Wildman–Crippen LogP) is 5.41. The van der Waals surface area contributed by atoms with Crippen LogP contribution in [0, 0.1) is 5.92 Å². The van der Waals surface area contributed by atoms with E-state index in [1.165, 1.54) is 0 Å². The number of isocyanates is 1. The summed E-state index contributed by atoms with van der Waals surface area (Å²) in [5, 5.41) is 8.51. The predicted molar refractivity (Wildman–Crippen MR) is 98.7 cm³/mol. The number of aliphatic imine (C=N–C) groups is 1. The van der Waals surface area contributed by atoms with E-state index in [1.54, 1.807) is 6.08 Å². The summed E-state index contributed by atoms with van der Waals surface area (Å²) in [7, 11) is 0. The molecule has 0 amide bonds. The van der Waals surface area contributed by atoms with Crippen LogP contribution in [0.1, 0.15) is 25.8 Å². The Kier molecular flexibility index (Phi) is 7.54. The van der Waals surface area contributed by atoms with Crippen molar-refractivity contribution in [3.8, 4) is 5.75 Å². The van der Waals surface area contributed by atoms with E-state index >= 15 is 0 Å². The first-order chi connectivity index (χ1) is 12.2. The molecule has 0 aromatic heterocycles. The lowest BCUT2D eigenvalue weighted by atomic mass is 10.1. The summed E-state index contributed by atoms with van der Waals surface area (Å²) in [6, 6.07) is 15.3. The van der Waals surface area contributed by atoms with Crippen LogP contribution in [0.25, 0.3) is 0 Å². The van der Waals surface area contributed by atoms with Gasteiger partial charge in [0.25, 0.3) is 0 Å². The Morgan fingerprint density at radius 2 is 1.84 bits per heavy atom. The molecule has 0 spiro atoms. The fourth-order valence-corrected chi connectivity index (χ4v) is 2.15.